The molecule has 7 nitrogen and oxygen atoms in total. The zero-order chi connectivity index (χ0) is 20.9. The molecule has 2 heterocycles. The number of nitrogens with one attached hydrogen (secondary N) is 1. The third-order valence-corrected chi connectivity index (χ3v) is 5.87. The van der Waals surface area contributed by atoms with Crippen molar-refractivity contribution < 1.29 is 9.53 Å². The fourth-order valence-electron chi connectivity index (χ4n) is 3.50. The van der Waals surface area contributed by atoms with Gasteiger partial charge in [0.1, 0.15) is 0 Å². The standard InChI is InChI=1S/C22H27N5O2S/c1-16(2)14-27-21(26-9-11-29-12-10-26)24-25-22(27)30-15-20(28)23-19-8-7-17-5-3-4-6-18(17)13-19/h3-8,13,16H,9-12,14-15H2,1-2H3,(H,23,28). The average molecular weight is 426 g/mol. The molecule has 1 N–H and O–H groups in total. The third-order valence-electron chi connectivity index (χ3n) is 4.90. The minimum atomic E-state index is -0.0534. The first kappa shape index (κ1) is 20.7. The maximum atomic E-state index is 12.5. The van der Waals surface area contributed by atoms with E-state index in [1.165, 1.54) is 11.8 Å². The van der Waals surface area contributed by atoms with Gasteiger partial charge in [-0.2, -0.15) is 0 Å². The monoisotopic (exact) mass is 425 g/mol. The summed E-state index contributed by atoms with van der Waals surface area (Å²) in [5.41, 5.74) is 0.803. The summed E-state index contributed by atoms with van der Waals surface area (Å²) >= 11 is 1.42. The number of morpholine rings is 1. The van der Waals surface area contributed by atoms with Gasteiger partial charge in [-0.15, -0.1) is 10.2 Å². The molecular weight excluding hydrogens is 398 g/mol. The normalized spacial score (nSPS) is 14.4. The van der Waals surface area contributed by atoms with Crippen molar-refractivity contribution in [2.24, 2.45) is 5.92 Å². The number of amides is 1. The smallest absolute Gasteiger partial charge is 0.234 e. The lowest BCUT2D eigenvalue weighted by molar-refractivity contribution is -0.113. The van der Waals surface area contributed by atoms with E-state index in [4.69, 9.17) is 4.74 Å². The van der Waals surface area contributed by atoms with Crippen LogP contribution < -0.4 is 10.2 Å². The van der Waals surface area contributed by atoms with E-state index in [0.29, 0.717) is 19.1 Å². The number of ether oxygens (including phenoxy) is 1. The molecule has 1 aromatic heterocycles. The summed E-state index contributed by atoms with van der Waals surface area (Å²) in [7, 11) is 0. The van der Waals surface area contributed by atoms with Crippen molar-refractivity contribution in [1.29, 1.82) is 0 Å². The zero-order valence-corrected chi connectivity index (χ0v) is 18.2. The molecule has 30 heavy (non-hydrogen) atoms. The number of aromatic nitrogens is 3. The Morgan fingerprint density at radius 2 is 1.90 bits per heavy atom. The van der Waals surface area contributed by atoms with Crippen LogP contribution in [0.3, 0.4) is 0 Å². The molecule has 0 unspecified atom stereocenters. The van der Waals surface area contributed by atoms with Crippen LogP contribution >= 0.6 is 11.8 Å². The quantitative estimate of drug-likeness (QED) is 0.583. The molecule has 1 aliphatic rings. The highest BCUT2D eigenvalue weighted by molar-refractivity contribution is 7.99. The minimum absolute atomic E-state index is 0.0534. The van der Waals surface area contributed by atoms with Gasteiger partial charge in [0, 0.05) is 25.3 Å². The molecule has 1 amide bonds. The number of thioether (sulfide) groups is 1. The molecule has 0 radical (unpaired) electrons. The highest BCUT2D eigenvalue weighted by Gasteiger charge is 2.21. The molecule has 8 heteroatoms. The highest BCUT2D eigenvalue weighted by Crippen LogP contribution is 2.25. The zero-order valence-electron chi connectivity index (χ0n) is 17.4. The number of hydrogen-bond acceptors (Lipinski definition) is 6. The van der Waals surface area contributed by atoms with Crippen LogP contribution in [-0.2, 0) is 16.1 Å². The molecule has 158 valence electrons. The van der Waals surface area contributed by atoms with E-state index in [9.17, 15) is 4.79 Å². The SMILES string of the molecule is CC(C)Cn1c(SCC(=O)Nc2ccc3ccccc3c2)nnc1N1CCOCC1. The maximum Gasteiger partial charge on any atom is 0.234 e. The molecule has 0 atom stereocenters. The Morgan fingerprint density at radius 3 is 2.67 bits per heavy atom. The molecule has 2 aromatic carbocycles. The van der Waals surface area contributed by atoms with Crippen LogP contribution in [0, 0.1) is 5.92 Å². The largest absolute Gasteiger partial charge is 0.378 e. The van der Waals surface area contributed by atoms with E-state index in [0.717, 1.165) is 47.2 Å². The lowest BCUT2D eigenvalue weighted by Gasteiger charge is -2.28. The van der Waals surface area contributed by atoms with Crippen LogP contribution in [0.1, 0.15) is 13.8 Å². The molecular formula is C22H27N5O2S. The molecule has 1 aliphatic heterocycles. The van der Waals surface area contributed by atoms with Crippen molar-refractivity contribution in [3.63, 3.8) is 0 Å². The molecule has 1 saturated heterocycles. The van der Waals surface area contributed by atoms with E-state index in [1.807, 2.05) is 36.4 Å². The van der Waals surface area contributed by atoms with Crippen LogP contribution in [-0.4, -0.2) is 52.7 Å². The highest BCUT2D eigenvalue weighted by atomic mass is 32.2. The molecule has 1 fully saturated rings. The second kappa shape index (κ2) is 9.49. The van der Waals surface area contributed by atoms with E-state index in [-0.39, 0.29) is 11.7 Å². The Balaban J connectivity index is 1.42. The van der Waals surface area contributed by atoms with Gasteiger partial charge < -0.3 is 15.0 Å². The second-order valence-corrected chi connectivity index (χ2v) is 8.73. The van der Waals surface area contributed by atoms with E-state index >= 15 is 0 Å². The predicted octanol–water partition coefficient (Wildman–Crippen LogP) is 3.65. The summed E-state index contributed by atoms with van der Waals surface area (Å²) in [5, 5.41) is 14.8. The van der Waals surface area contributed by atoms with Crippen molar-refractivity contribution in [2.75, 3.05) is 42.3 Å². The molecule has 0 saturated carbocycles. The summed E-state index contributed by atoms with van der Waals surface area (Å²) in [4.78, 5) is 14.8. The minimum Gasteiger partial charge on any atom is -0.378 e. The van der Waals surface area contributed by atoms with Crippen LogP contribution in [0.25, 0.3) is 10.8 Å². The number of carbonyl (C=O) groups excluding carboxylic acids is 1. The van der Waals surface area contributed by atoms with E-state index < -0.39 is 0 Å². The number of benzene rings is 2. The number of rotatable bonds is 7. The van der Waals surface area contributed by atoms with Crippen molar-refractivity contribution in [3.05, 3.63) is 42.5 Å². The van der Waals surface area contributed by atoms with Gasteiger partial charge in [-0.05, 0) is 28.8 Å². The molecule has 4 rings (SSSR count). The van der Waals surface area contributed by atoms with Gasteiger partial charge in [0.2, 0.25) is 11.9 Å². The Labute approximate surface area is 180 Å². The number of nitrogens with zero attached hydrogens (tertiary/aromatic N) is 4. The Bertz CT molecular complexity index is 1010. The second-order valence-electron chi connectivity index (χ2n) is 7.79. The molecule has 3 aromatic rings. The van der Waals surface area contributed by atoms with Gasteiger partial charge in [0.25, 0.3) is 0 Å². The summed E-state index contributed by atoms with van der Waals surface area (Å²) < 4.78 is 7.58. The van der Waals surface area contributed by atoms with Crippen molar-refractivity contribution in [2.45, 2.75) is 25.5 Å². The summed E-state index contributed by atoms with van der Waals surface area (Å²) in [6.45, 7) is 8.17. The lowest BCUT2D eigenvalue weighted by Crippen LogP contribution is -2.38. The first-order chi connectivity index (χ1) is 14.6. The van der Waals surface area contributed by atoms with Crippen LogP contribution in [0.15, 0.2) is 47.6 Å². The van der Waals surface area contributed by atoms with Gasteiger partial charge >= 0.3 is 0 Å². The lowest BCUT2D eigenvalue weighted by atomic mass is 10.1. The summed E-state index contributed by atoms with van der Waals surface area (Å²) in [5.74, 6) is 1.55. The van der Waals surface area contributed by atoms with Crippen molar-refractivity contribution in [1.82, 2.24) is 14.8 Å². The van der Waals surface area contributed by atoms with Gasteiger partial charge in [0.05, 0.1) is 19.0 Å². The average Bonchev–Trinajstić information content (AvgIpc) is 3.14. The summed E-state index contributed by atoms with van der Waals surface area (Å²) in [6.07, 6.45) is 0. The fourth-order valence-corrected chi connectivity index (χ4v) is 4.25. The number of hydrogen-bond donors (Lipinski definition) is 1. The number of carbonyl (C=O) groups is 1. The van der Waals surface area contributed by atoms with Gasteiger partial charge in [0.15, 0.2) is 5.16 Å². The molecule has 0 aliphatic carbocycles. The first-order valence-corrected chi connectivity index (χ1v) is 11.3. The Kier molecular flexibility index (Phi) is 6.54. The van der Waals surface area contributed by atoms with Crippen LogP contribution in [0.2, 0.25) is 0 Å². The summed E-state index contributed by atoms with van der Waals surface area (Å²) in [6, 6.07) is 14.1. The predicted molar refractivity (Wildman–Crippen MR) is 121 cm³/mol. The maximum absolute atomic E-state index is 12.5. The number of fused-ring (bicyclic) bond motifs is 1. The fraction of sp³-hybridized carbons (Fsp3) is 0.409. The van der Waals surface area contributed by atoms with Crippen LogP contribution in [0.5, 0.6) is 0 Å². The topological polar surface area (TPSA) is 72.3 Å². The third kappa shape index (κ3) is 4.94. The molecule has 0 bridgehead atoms. The van der Waals surface area contributed by atoms with E-state index in [1.54, 1.807) is 0 Å². The van der Waals surface area contributed by atoms with Crippen molar-refractivity contribution in [3.8, 4) is 0 Å². The van der Waals surface area contributed by atoms with Gasteiger partial charge in [-0.3, -0.25) is 9.36 Å². The first-order valence-electron chi connectivity index (χ1n) is 10.3. The van der Waals surface area contributed by atoms with E-state index in [2.05, 4.69) is 44.9 Å². The van der Waals surface area contributed by atoms with Gasteiger partial charge in [-0.25, -0.2) is 0 Å². The van der Waals surface area contributed by atoms with Crippen molar-refractivity contribution >= 4 is 40.1 Å². The molecule has 0 spiro atoms. The van der Waals surface area contributed by atoms with Crippen LogP contribution in [0.4, 0.5) is 11.6 Å². The Hall–Kier alpha value is -2.58. The number of anilines is 2. The Morgan fingerprint density at radius 1 is 1.13 bits per heavy atom. The van der Waals surface area contributed by atoms with Gasteiger partial charge in [-0.1, -0.05) is 55.9 Å².